The SMILES string of the molecule is C[C@H]1CN(C(=O)NC2CCC2)CCN1. The summed E-state index contributed by atoms with van der Waals surface area (Å²) >= 11 is 0. The molecule has 4 heteroatoms. The van der Waals surface area contributed by atoms with Crippen LogP contribution in [0, 0.1) is 0 Å². The maximum atomic E-state index is 11.7. The molecule has 1 aliphatic heterocycles. The van der Waals surface area contributed by atoms with E-state index in [4.69, 9.17) is 0 Å². The number of piperazine rings is 1. The second-order valence-electron chi connectivity index (χ2n) is 4.38. The molecule has 1 aliphatic carbocycles. The lowest BCUT2D eigenvalue weighted by Crippen LogP contribution is -2.56. The monoisotopic (exact) mass is 197 g/mol. The molecule has 1 atom stereocenters. The van der Waals surface area contributed by atoms with E-state index in [-0.39, 0.29) is 6.03 Å². The topological polar surface area (TPSA) is 44.4 Å². The Morgan fingerprint density at radius 3 is 2.86 bits per heavy atom. The molecule has 2 amide bonds. The summed E-state index contributed by atoms with van der Waals surface area (Å²) < 4.78 is 0. The molecule has 0 aromatic carbocycles. The Balaban J connectivity index is 1.77. The minimum atomic E-state index is 0.128. The van der Waals surface area contributed by atoms with E-state index in [0.29, 0.717) is 12.1 Å². The Morgan fingerprint density at radius 1 is 1.50 bits per heavy atom. The molecule has 1 saturated carbocycles. The zero-order valence-corrected chi connectivity index (χ0v) is 8.75. The van der Waals surface area contributed by atoms with E-state index >= 15 is 0 Å². The van der Waals surface area contributed by atoms with E-state index in [1.54, 1.807) is 0 Å². The second kappa shape index (κ2) is 4.17. The molecule has 0 aromatic rings. The smallest absolute Gasteiger partial charge is 0.317 e. The van der Waals surface area contributed by atoms with Gasteiger partial charge in [0, 0.05) is 31.7 Å². The van der Waals surface area contributed by atoms with E-state index in [9.17, 15) is 4.79 Å². The summed E-state index contributed by atoms with van der Waals surface area (Å²) in [6.07, 6.45) is 3.59. The van der Waals surface area contributed by atoms with E-state index in [0.717, 1.165) is 32.5 Å². The molecular weight excluding hydrogens is 178 g/mol. The van der Waals surface area contributed by atoms with E-state index in [1.807, 2.05) is 4.90 Å². The third-order valence-electron chi connectivity index (χ3n) is 3.09. The van der Waals surface area contributed by atoms with Crippen LogP contribution in [-0.4, -0.2) is 42.6 Å². The van der Waals surface area contributed by atoms with Crippen LogP contribution in [0.25, 0.3) is 0 Å². The van der Waals surface area contributed by atoms with E-state index < -0.39 is 0 Å². The molecule has 4 nitrogen and oxygen atoms in total. The van der Waals surface area contributed by atoms with Gasteiger partial charge in [0.2, 0.25) is 0 Å². The average Bonchev–Trinajstić information content (AvgIpc) is 2.11. The van der Waals surface area contributed by atoms with Crippen molar-refractivity contribution in [3.8, 4) is 0 Å². The van der Waals surface area contributed by atoms with Gasteiger partial charge in [-0.2, -0.15) is 0 Å². The Labute approximate surface area is 85.0 Å². The van der Waals surface area contributed by atoms with Gasteiger partial charge in [0.25, 0.3) is 0 Å². The summed E-state index contributed by atoms with van der Waals surface area (Å²) in [5.41, 5.74) is 0. The minimum Gasteiger partial charge on any atom is -0.335 e. The van der Waals surface area contributed by atoms with Crippen LogP contribution in [0.1, 0.15) is 26.2 Å². The van der Waals surface area contributed by atoms with Gasteiger partial charge in [-0.1, -0.05) is 0 Å². The molecular formula is C10H19N3O. The van der Waals surface area contributed by atoms with Crippen LogP contribution in [0.3, 0.4) is 0 Å². The van der Waals surface area contributed by atoms with Crippen molar-refractivity contribution in [3.63, 3.8) is 0 Å². The van der Waals surface area contributed by atoms with Gasteiger partial charge in [-0.05, 0) is 26.2 Å². The Kier molecular flexibility index (Phi) is 2.91. The predicted octanol–water partition coefficient (Wildman–Crippen LogP) is 0.542. The summed E-state index contributed by atoms with van der Waals surface area (Å²) in [4.78, 5) is 13.7. The van der Waals surface area contributed by atoms with Crippen LogP contribution in [0.4, 0.5) is 4.79 Å². The molecule has 0 unspecified atom stereocenters. The molecule has 0 spiro atoms. The van der Waals surface area contributed by atoms with Gasteiger partial charge >= 0.3 is 6.03 Å². The van der Waals surface area contributed by atoms with Crippen LogP contribution >= 0.6 is 0 Å². The highest BCUT2D eigenvalue weighted by Gasteiger charge is 2.24. The van der Waals surface area contributed by atoms with Gasteiger partial charge in [-0.15, -0.1) is 0 Å². The highest BCUT2D eigenvalue weighted by atomic mass is 16.2. The van der Waals surface area contributed by atoms with Crippen molar-refractivity contribution in [2.45, 2.75) is 38.3 Å². The number of carbonyl (C=O) groups is 1. The number of nitrogens with zero attached hydrogens (tertiary/aromatic N) is 1. The lowest BCUT2D eigenvalue weighted by atomic mass is 9.93. The van der Waals surface area contributed by atoms with Crippen molar-refractivity contribution in [1.29, 1.82) is 0 Å². The summed E-state index contributed by atoms with van der Waals surface area (Å²) in [5, 5.41) is 6.39. The van der Waals surface area contributed by atoms with Crippen LogP contribution in [0.15, 0.2) is 0 Å². The predicted molar refractivity (Wildman–Crippen MR) is 55.2 cm³/mol. The average molecular weight is 197 g/mol. The highest BCUT2D eigenvalue weighted by Crippen LogP contribution is 2.18. The minimum absolute atomic E-state index is 0.128. The van der Waals surface area contributed by atoms with Gasteiger partial charge < -0.3 is 15.5 Å². The molecule has 2 N–H and O–H groups in total. The zero-order valence-electron chi connectivity index (χ0n) is 8.75. The van der Waals surface area contributed by atoms with Gasteiger partial charge in [0.05, 0.1) is 0 Å². The Bertz CT molecular complexity index is 215. The fourth-order valence-corrected chi connectivity index (χ4v) is 1.94. The first kappa shape index (κ1) is 9.77. The summed E-state index contributed by atoms with van der Waals surface area (Å²) in [5.74, 6) is 0. The molecule has 2 rings (SSSR count). The van der Waals surface area contributed by atoms with Gasteiger partial charge in [0.15, 0.2) is 0 Å². The summed E-state index contributed by atoms with van der Waals surface area (Å²) in [7, 11) is 0. The first-order valence-corrected chi connectivity index (χ1v) is 5.54. The molecule has 2 fully saturated rings. The fourth-order valence-electron chi connectivity index (χ4n) is 1.94. The number of rotatable bonds is 1. The Morgan fingerprint density at radius 2 is 2.29 bits per heavy atom. The molecule has 0 aromatic heterocycles. The van der Waals surface area contributed by atoms with Crippen LogP contribution in [0.5, 0.6) is 0 Å². The largest absolute Gasteiger partial charge is 0.335 e. The number of amides is 2. The van der Waals surface area contributed by atoms with Crippen molar-refractivity contribution in [2.24, 2.45) is 0 Å². The van der Waals surface area contributed by atoms with Crippen LogP contribution in [0.2, 0.25) is 0 Å². The van der Waals surface area contributed by atoms with Crippen molar-refractivity contribution in [3.05, 3.63) is 0 Å². The molecule has 80 valence electrons. The zero-order chi connectivity index (χ0) is 9.97. The maximum absolute atomic E-state index is 11.7. The third kappa shape index (κ3) is 2.18. The quantitative estimate of drug-likeness (QED) is 0.644. The maximum Gasteiger partial charge on any atom is 0.317 e. The third-order valence-corrected chi connectivity index (χ3v) is 3.09. The van der Waals surface area contributed by atoms with E-state index in [2.05, 4.69) is 17.6 Å². The Hall–Kier alpha value is -0.770. The van der Waals surface area contributed by atoms with Crippen molar-refractivity contribution in [1.82, 2.24) is 15.5 Å². The van der Waals surface area contributed by atoms with Gasteiger partial charge in [-0.3, -0.25) is 0 Å². The molecule has 1 saturated heterocycles. The van der Waals surface area contributed by atoms with Crippen molar-refractivity contribution >= 4 is 6.03 Å². The lowest BCUT2D eigenvalue weighted by Gasteiger charge is -2.35. The number of nitrogens with one attached hydrogen (secondary N) is 2. The number of hydrogen-bond donors (Lipinski definition) is 2. The van der Waals surface area contributed by atoms with Gasteiger partial charge in [0.1, 0.15) is 0 Å². The van der Waals surface area contributed by atoms with Crippen LogP contribution < -0.4 is 10.6 Å². The number of urea groups is 1. The molecule has 14 heavy (non-hydrogen) atoms. The fraction of sp³-hybridized carbons (Fsp3) is 0.900. The van der Waals surface area contributed by atoms with E-state index in [1.165, 1.54) is 6.42 Å². The van der Waals surface area contributed by atoms with Crippen LogP contribution in [-0.2, 0) is 0 Å². The normalized spacial score (nSPS) is 28.4. The highest BCUT2D eigenvalue weighted by molar-refractivity contribution is 5.74. The van der Waals surface area contributed by atoms with Gasteiger partial charge in [-0.25, -0.2) is 4.79 Å². The van der Waals surface area contributed by atoms with Crippen molar-refractivity contribution in [2.75, 3.05) is 19.6 Å². The first-order valence-electron chi connectivity index (χ1n) is 5.54. The lowest BCUT2D eigenvalue weighted by molar-refractivity contribution is 0.169. The standard InChI is InChI=1S/C10H19N3O/c1-8-7-13(6-5-11-8)10(14)12-9-3-2-4-9/h8-9,11H,2-7H2,1H3,(H,12,14)/t8-/m0/s1. The molecule has 1 heterocycles. The summed E-state index contributed by atoms with van der Waals surface area (Å²) in [6, 6.07) is 1.01. The summed E-state index contributed by atoms with van der Waals surface area (Å²) in [6.45, 7) is 4.70. The number of hydrogen-bond acceptors (Lipinski definition) is 2. The molecule has 2 aliphatic rings. The first-order chi connectivity index (χ1) is 6.75. The molecule has 0 radical (unpaired) electrons. The number of carbonyl (C=O) groups excluding carboxylic acids is 1. The second-order valence-corrected chi connectivity index (χ2v) is 4.38. The van der Waals surface area contributed by atoms with Crippen molar-refractivity contribution < 1.29 is 4.79 Å². The molecule has 0 bridgehead atoms.